The Morgan fingerprint density at radius 1 is 0.346 bits per heavy atom. The number of carbonyl (C=O) groups is 2. The Bertz CT molecular complexity index is 2300. The second kappa shape index (κ2) is 39.0. The molecule has 0 aliphatic rings. The van der Waals surface area contributed by atoms with Gasteiger partial charge in [0.05, 0.1) is 37.4 Å². The van der Waals surface area contributed by atoms with Gasteiger partial charge in [-0.1, -0.05) is 182 Å². The van der Waals surface area contributed by atoms with Gasteiger partial charge in [-0.25, -0.2) is 9.59 Å². The maximum absolute atomic E-state index is 12.6. The fourth-order valence-corrected chi connectivity index (χ4v) is 8.88. The minimum absolute atomic E-state index is 0.403. The Balaban J connectivity index is 0.000000287. The summed E-state index contributed by atoms with van der Waals surface area (Å²) in [6.45, 7) is 11.9. The number of aromatic nitrogens is 8. The third-order valence-electron chi connectivity index (χ3n) is 13.7. The van der Waals surface area contributed by atoms with Crippen LogP contribution in [-0.2, 0) is 13.1 Å². The van der Waals surface area contributed by atoms with E-state index in [1.807, 2.05) is 48.5 Å². The number of esters is 2. The first-order chi connectivity index (χ1) is 38.4. The largest absolute Gasteiger partial charge is 0.494 e. The maximum atomic E-state index is 12.6. The quantitative estimate of drug-likeness (QED) is 0.0204. The van der Waals surface area contributed by atoms with Crippen molar-refractivity contribution in [3.8, 4) is 45.8 Å². The Kier molecular flexibility index (Phi) is 31.2. The van der Waals surface area contributed by atoms with Gasteiger partial charge in [-0.05, 0) is 133 Å². The molecule has 0 aliphatic heterocycles. The summed E-state index contributed by atoms with van der Waals surface area (Å²) >= 11 is 0. The van der Waals surface area contributed by atoms with E-state index < -0.39 is 11.9 Å². The monoisotopic (exact) mass is 1070 g/mol. The number of carbonyl (C=O) groups excluding carboxylic acids is 2. The molecule has 0 amide bonds. The first-order valence-corrected chi connectivity index (χ1v) is 30.1. The van der Waals surface area contributed by atoms with Gasteiger partial charge >= 0.3 is 11.9 Å². The molecule has 0 saturated carbocycles. The molecule has 0 radical (unpaired) electrons. The van der Waals surface area contributed by atoms with E-state index in [1.54, 1.807) is 58.1 Å². The summed E-state index contributed by atoms with van der Waals surface area (Å²) in [6.07, 6.45) is 35.0. The molecule has 78 heavy (non-hydrogen) atoms. The third-order valence-corrected chi connectivity index (χ3v) is 13.7. The molecule has 2 aromatic heterocycles. The first kappa shape index (κ1) is 62.4. The zero-order valence-corrected chi connectivity index (χ0v) is 47.9. The SMILES string of the molecule is CCCCCCCCCOc1ccc(C(=O)Oc2ccc(-c3nnn(CCCCCCCCC)n3)cc2)cc1.CCCCCCCCCOc1ccc(C(=O)Oc2ccc(-c3nnn(CCCCCCCCC)n3)cc2)cc1. The smallest absolute Gasteiger partial charge is 0.343 e. The van der Waals surface area contributed by atoms with Crippen molar-refractivity contribution < 1.29 is 28.5 Å². The predicted octanol–water partition coefficient (Wildman–Crippen LogP) is 16.9. The lowest BCUT2D eigenvalue weighted by atomic mass is 10.1. The van der Waals surface area contributed by atoms with Crippen LogP contribution < -0.4 is 18.9 Å². The fraction of sp³-hybridized carbons (Fsp3) is 0.562. The number of tetrazole rings is 2. The summed E-state index contributed by atoms with van der Waals surface area (Å²) in [4.78, 5) is 28.5. The number of nitrogens with zero attached hydrogens (tertiary/aromatic N) is 8. The zero-order valence-electron chi connectivity index (χ0n) is 47.9. The standard InChI is InChI=1S/2C32H46N4O3/c2*1-3-5-7-9-11-13-15-25-36-34-31(33-35-36)27-17-23-30(24-18-27)39-32(37)28-19-21-29(22-20-28)38-26-16-14-12-10-8-6-4-2/h2*17-24H,3-16,25-26H2,1-2H3. The molecule has 14 nitrogen and oxygen atoms in total. The molecule has 4 aromatic carbocycles. The van der Waals surface area contributed by atoms with Crippen molar-refractivity contribution in [2.45, 2.75) is 221 Å². The molecule has 0 aliphatic carbocycles. The highest BCUT2D eigenvalue weighted by Gasteiger charge is 2.13. The van der Waals surface area contributed by atoms with Crippen molar-refractivity contribution in [1.29, 1.82) is 0 Å². The first-order valence-electron chi connectivity index (χ1n) is 30.1. The van der Waals surface area contributed by atoms with Gasteiger partial charge < -0.3 is 18.9 Å². The highest BCUT2D eigenvalue weighted by molar-refractivity contribution is 5.91. The van der Waals surface area contributed by atoms with Crippen molar-refractivity contribution in [2.75, 3.05) is 13.2 Å². The summed E-state index contributed by atoms with van der Waals surface area (Å²) in [5.74, 6) is 2.83. The van der Waals surface area contributed by atoms with E-state index in [-0.39, 0.29) is 0 Å². The van der Waals surface area contributed by atoms with Crippen LogP contribution in [-0.4, -0.2) is 65.6 Å². The molecule has 0 spiro atoms. The van der Waals surface area contributed by atoms with Gasteiger partial charge in [0.25, 0.3) is 0 Å². The number of benzene rings is 4. The molecule has 6 aromatic rings. The van der Waals surface area contributed by atoms with E-state index in [1.165, 1.54) is 154 Å². The molecule has 6 rings (SSSR count). The second-order valence-electron chi connectivity index (χ2n) is 20.5. The average molecular weight is 1070 g/mol. The van der Waals surface area contributed by atoms with E-state index in [0.717, 1.165) is 61.4 Å². The van der Waals surface area contributed by atoms with Crippen LogP contribution in [0.15, 0.2) is 97.1 Å². The number of ether oxygens (including phenoxy) is 4. The molecule has 0 unspecified atom stereocenters. The summed E-state index contributed by atoms with van der Waals surface area (Å²) in [5.41, 5.74) is 2.64. The molecule has 424 valence electrons. The average Bonchev–Trinajstić information content (AvgIpc) is 4.16. The molecule has 14 heteroatoms. The van der Waals surface area contributed by atoms with Crippen LogP contribution in [0, 0.1) is 0 Å². The minimum Gasteiger partial charge on any atom is -0.494 e. The molecule has 0 fully saturated rings. The van der Waals surface area contributed by atoms with E-state index in [9.17, 15) is 9.59 Å². The lowest BCUT2D eigenvalue weighted by Crippen LogP contribution is -2.08. The van der Waals surface area contributed by atoms with Crippen LogP contribution in [0.1, 0.15) is 228 Å². The highest BCUT2D eigenvalue weighted by Crippen LogP contribution is 2.23. The van der Waals surface area contributed by atoms with Crippen LogP contribution in [0.2, 0.25) is 0 Å². The minimum atomic E-state index is -0.403. The number of unbranched alkanes of at least 4 members (excludes halogenated alkanes) is 24. The molecule has 0 saturated heterocycles. The Morgan fingerprint density at radius 3 is 0.949 bits per heavy atom. The molecular weight excluding hydrogens is 977 g/mol. The van der Waals surface area contributed by atoms with Gasteiger partial charge in [0.1, 0.15) is 23.0 Å². The van der Waals surface area contributed by atoms with Crippen molar-refractivity contribution >= 4 is 11.9 Å². The van der Waals surface area contributed by atoms with Crippen LogP contribution >= 0.6 is 0 Å². The van der Waals surface area contributed by atoms with Crippen LogP contribution in [0.3, 0.4) is 0 Å². The number of aryl methyl sites for hydroxylation is 2. The van der Waals surface area contributed by atoms with Gasteiger partial charge in [-0.3, -0.25) is 0 Å². The van der Waals surface area contributed by atoms with Gasteiger partial charge in [-0.15, -0.1) is 20.4 Å². The van der Waals surface area contributed by atoms with Gasteiger partial charge in [0.2, 0.25) is 11.6 Å². The van der Waals surface area contributed by atoms with Crippen LogP contribution in [0.25, 0.3) is 22.8 Å². The summed E-state index contributed by atoms with van der Waals surface area (Å²) in [6, 6.07) is 28.6. The summed E-state index contributed by atoms with van der Waals surface area (Å²) < 4.78 is 22.7. The van der Waals surface area contributed by atoms with Crippen LogP contribution in [0.5, 0.6) is 23.0 Å². The number of hydrogen-bond donors (Lipinski definition) is 0. The highest BCUT2D eigenvalue weighted by atomic mass is 16.5. The zero-order chi connectivity index (χ0) is 55.1. The van der Waals surface area contributed by atoms with Gasteiger partial charge in [0.15, 0.2) is 0 Å². The normalized spacial score (nSPS) is 11.0. The molecule has 2 heterocycles. The van der Waals surface area contributed by atoms with E-state index in [2.05, 4.69) is 58.5 Å². The summed E-state index contributed by atoms with van der Waals surface area (Å²) in [7, 11) is 0. The van der Waals surface area contributed by atoms with Crippen molar-refractivity contribution in [2.24, 2.45) is 0 Å². The molecule has 0 atom stereocenters. The van der Waals surface area contributed by atoms with Crippen LogP contribution in [0.4, 0.5) is 0 Å². The summed E-state index contributed by atoms with van der Waals surface area (Å²) in [5, 5.41) is 25.7. The number of hydrogen-bond acceptors (Lipinski definition) is 12. The second-order valence-corrected chi connectivity index (χ2v) is 20.5. The molecule has 0 N–H and O–H groups in total. The molecular formula is C64H92N8O6. The van der Waals surface area contributed by atoms with E-state index >= 15 is 0 Å². The van der Waals surface area contributed by atoms with Crippen molar-refractivity contribution in [3.63, 3.8) is 0 Å². The Labute approximate surface area is 466 Å². The van der Waals surface area contributed by atoms with Gasteiger partial charge in [-0.2, -0.15) is 9.59 Å². The lowest BCUT2D eigenvalue weighted by molar-refractivity contribution is 0.0725. The Hall–Kier alpha value is -6.44. The van der Waals surface area contributed by atoms with E-state index in [0.29, 0.717) is 47.5 Å². The Morgan fingerprint density at radius 2 is 0.628 bits per heavy atom. The van der Waals surface area contributed by atoms with E-state index in [4.69, 9.17) is 18.9 Å². The number of rotatable bonds is 40. The lowest BCUT2D eigenvalue weighted by Gasteiger charge is -2.08. The van der Waals surface area contributed by atoms with Crippen molar-refractivity contribution in [3.05, 3.63) is 108 Å². The fourth-order valence-electron chi connectivity index (χ4n) is 8.88. The van der Waals surface area contributed by atoms with Crippen molar-refractivity contribution in [1.82, 2.24) is 40.4 Å². The molecule has 0 bridgehead atoms. The maximum Gasteiger partial charge on any atom is 0.343 e. The third kappa shape index (κ3) is 25.4. The van der Waals surface area contributed by atoms with Gasteiger partial charge in [0, 0.05) is 11.1 Å². The topological polar surface area (TPSA) is 158 Å². The predicted molar refractivity (Wildman–Crippen MR) is 312 cm³/mol.